The average molecular weight is 419 g/mol. The van der Waals surface area contributed by atoms with E-state index in [0.29, 0.717) is 17.6 Å². The first-order valence-corrected chi connectivity index (χ1v) is 9.31. The van der Waals surface area contributed by atoms with E-state index in [4.69, 9.17) is 14.2 Å². The molecule has 1 aromatic rings. The van der Waals surface area contributed by atoms with Crippen molar-refractivity contribution < 1.29 is 37.6 Å². The number of halogens is 2. The van der Waals surface area contributed by atoms with Crippen LogP contribution in [-0.4, -0.2) is 65.0 Å². The second kappa shape index (κ2) is 9.11. The zero-order valence-corrected chi connectivity index (χ0v) is 15.8. The number of nitrogens with one attached hydrogen (secondary N) is 1. The standard InChI is InChI=1S/C17H23F2N3O7/c1-2-26-16(25)21-11-6-7-22(15(24)20-11)14-17(18,19)13(10(9-23)28-14)29-12-5-3-4-8-27-12/h6-7,10,12-14,23H,2-5,8-9H2,1H3,(H,20,21,24,25)/t10-,12?,13-,14-/m1/s1. The zero-order chi connectivity index (χ0) is 21.0. The lowest BCUT2D eigenvalue weighted by Gasteiger charge is -2.30. The summed E-state index contributed by atoms with van der Waals surface area (Å²) in [5.74, 6) is -3.80. The molecular weight excluding hydrogens is 396 g/mol. The fourth-order valence-electron chi connectivity index (χ4n) is 3.20. The van der Waals surface area contributed by atoms with E-state index in [1.54, 1.807) is 6.92 Å². The Balaban J connectivity index is 1.79. The second-order valence-electron chi connectivity index (χ2n) is 6.58. The molecule has 162 valence electrons. The SMILES string of the molecule is CCOC(=O)Nc1ccn([C@@H]2O[C@H](CO)[C@@H](OC3CCCCO3)C2(F)F)c(=O)n1. The molecule has 29 heavy (non-hydrogen) atoms. The van der Waals surface area contributed by atoms with Crippen LogP contribution >= 0.6 is 0 Å². The molecule has 2 aliphatic rings. The molecule has 1 aromatic heterocycles. The molecule has 0 bridgehead atoms. The molecule has 4 atom stereocenters. The maximum Gasteiger partial charge on any atom is 0.412 e. The van der Waals surface area contributed by atoms with E-state index in [0.717, 1.165) is 25.1 Å². The summed E-state index contributed by atoms with van der Waals surface area (Å²) in [4.78, 5) is 27.2. The molecule has 2 N–H and O–H groups in total. The van der Waals surface area contributed by atoms with Crippen molar-refractivity contribution in [1.29, 1.82) is 0 Å². The molecule has 1 unspecified atom stereocenters. The van der Waals surface area contributed by atoms with E-state index in [9.17, 15) is 14.7 Å². The number of hydrogen-bond acceptors (Lipinski definition) is 8. The Morgan fingerprint density at radius 3 is 2.90 bits per heavy atom. The van der Waals surface area contributed by atoms with Gasteiger partial charge < -0.3 is 24.1 Å². The number of carbonyl (C=O) groups is 1. The molecule has 2 aliphatic heterocycles. The van der Waals surface area contributed by atoms with Crippen molar-refractivity contribution in [2.24, 2.45) is 0 Å². The quantitative estimate of drug-likeness (QED) is 0.707. The third-order valence-electron chi connectivity index (χ3n) is 4.55. The summed E-state index contributed by atoms with van der Waals surface area (Å²) in [6.45, 7) is 1.38. The lowest BCUT2D eigenvalue weighted by Crippen LogP contribution is -2.46. The van der Waals surface area contributed by atoms with Gasteiger partial charge in [-0.2, -0.15) is 13.8 Å². The van der Waals surface area contributed by atoms with Gasteiger partial charge in [0, 0.05) is 12.8 Å². The second-order valence-corrected chi connectivity index (χ2v) is 6.58. The molecule has 1 amide bonds. The molecular formula is C17H23F2N3O7. The summed E-state index contributed by atoms with van der Waals surface area (Å²) < 4.78 is 51.3. The van der Waals surface area contributed by atoms with Gasteiger partial charge >= 0.3 is 17.7 Å². The minimum atomic E-state index is -3.64. The van der Waals surface area contributed by atoms with E-state index < -0.39 is 49.0 Å². The Bertz CT molecular complexity index is 770. The monoisotopic (exact) mass is 419 g/mol. The van der Waals surface area contributed by atoms with Crippen molar-refractivity contribution in [2.75, 3.05) is 25.1 Å². The van der Waals surface area contributed by atoms with E-state index in [1.165, 1.54) is 0 Å². The highest BCUT2D eigenvalue weighted by atomic mass is 19.3. The van der Waals surface area contributed by atoms with Crippen LogP contribution in [0.4, 0.5) is 19.4 Å². The van der Waals surface area contributed by atoms with Crippen molar-refractivity contribution >= 4 is 11.9 Å². The predicted octanol–water partition coefficient (Wildman–Crippen LogP) is 1.25. The summed E-state index contributed by atoms with van der Waals surface area (Å²) in [6, 6.07) is 1.16. The van der Waals surface area contributed by atoms with Crippen LogP contribution in [0.25, 0.3) is 0 Å². The number of rotatable bonds is 6. The number of carbonyl (C=O) groups excluding carboxylic acids is 1. The first kappa shape index (κ1) is 21.6. The maximum atomic E-state index is 15.0. The van der Waals surface area contributed by atoms with E-state index in [2.05, 4.69) is 15.0 Å². The Morgan fingerprint density at radius 2 is 2.28 bits per heavy atom. The predicted molar refractivity (Wildman–Crippen MR) is 93.5 cm³/mol. The largest absolute Gasteiger partial charge is 0.450 e. The highest BCUT2D eigenvalue weighted by molar-refractivity contribution is 5.83. The van der Waals surface area contributed by atoms with Gasteiger partial charge in [0.25, 0.3) is 0 Å². The van der Waals surface area contributed by atoms with Gasteiger partial charge in [0.15, 0.2) is 12.4 Å². The van der Waals surface area contributed by atoms with Gasteiger partial charge in [-0.05, 0) is 32.3 Å². The maximum absolute atomic E-state index is 15.0. The van der Waals surface area contributed by atoms with Crippen LogP contribution in [-0.2, 0) is 18.9 Å². The number of hydrogen-bond donors (Lipinski definition) is 2. The third-order valence-corrected chi connectivity index (χ3v) is 4.55. The van der Waals surface area contributed by atoms with E-state index in [1.807, 2.05) is 0 Å². The molecule has 0 spiro atoms. The lowest BCUT2D eigenvalue weighted by molar-refractivity contribution is -0.239. The molecule has 12 heteroatoms. The van der Waals surface area contributed by atoms with Crippen molar-refractivity contribution in [3.8, 4) is 0 Å². The van der Waals surface area contributed by atoms with Gasteiger partial charge in [-0.3, -0.25) is 9.88 Å². The van der Waals surface area contributed by atoms with Gasteiger partial charge in [0.05, 0.1) is 13.2 Å². The minimum Gasteiger partial charge on any atom is -0.450 e. The van der Waals surface area contributed by atoms with Crippen LogP contribution in [0.2, 0.25) is 0 Å². The number of aliphatic hydroxyl groups is 1. The highest BCUT2D eigenvalue weighted by Gasteiger charge is 2.61. The lowest BCUT2D eigenvalue weighted by atomic mass is 10.1. The first-order chi connectivity index (χ1) is 13.9. The summed E-state index contributed by atoms with van der Waals surface area (Å²) in [6.07, 6.45) is -3.80. The van der Waals surface area contributed by atoms with Gasteiger partial charge in [-0.15, -0.1) is 0 Å². The Kier molecular flexibility index (Phi) is 6.77. The van der Waals surface area contributed by atoms with Crippen LogP contribution in [0.3, 0.4) is 0 Å². The number of amides is 1. The fourth-order valence-corrected chi connectivity index (χ4v) is 3.20. The molecule has 3 rings (SSSR count). The number of aromatic nitrogens is 2. The van der Waals surface area contributed by atoms with Gasteiger partial charge in [-0.1, -0.05) is 0 Å². The zero-order valence-electron chi connectivity index (χ0n) is 15.8. The summed E-state index contributed by atoms with van der Waals surface area (Å²) in [7, 11) is 0. The van der Waals surface area contributed by atoms with E-state index >= 15 is 8.78 Å². The summed E-state index contributed by atoms with van der Waals surface area (Å²) >= 11 is 0. The van der Waals surface area contributed by atoms with Crippen LogP contribution in [0.5, 0.6) is 0 Å². The highest BCUT2D eigenvalue weighted by Crippen LogP contribution is 2.44. The molecule has 2 fully saturated rings. The Hall–Kier alpha value is -2.15. The molecule has 0 radical (unpaired) electrons. The number of ether oxygens (including phenoxy) is 4. The van der Waals surface area contributed by atoms with Crippen LogP contribution in [0.15, 0.2) is 17.1 Å². The van der Waals surface area contributed by atoms with E-state index in [-0.39, 0.29) is 12.4 Å². The third kappa shape index (κ3) is 4.71. The topological polar surface area (TPSA) is 121 Å². The van der Waals surface area contributed by atoms with Crippen LogP contribution in [0, 0.1) is 0 Å². The van der Waals surface area contributed by atoms with Crippen molar-refractivity contribution in [1.82, 2.24) is 9.55 Å². The summed E-state index contributed by atoms with van der Waals surface area (Å²) in [5.41, 5.74) is -1.07. The van der Waals surface area contributed by atoms with Crippen molar-refractivity contribution in [3.05, 3.63) is 22.7 Å². The number of alkyl halides is 2. The molecule has 0 saturated carbocycles. The molecule has 0 aromatic carbocycles. The smallest absolute Gasteiger partial charge is 0.412 e. The fraction of sp³-hybridized carbons (Fsp3) is 0.706. The Morgan fingerprint density at radius 1 is 1.48 bits per heavy atom. The number of nitrogens with zero attached hydrogens (tertiary/aromatic N) is 2. The number of aliphatic hydroxyl groups excluding tert-OH is 1. The molecule has 10 nitrogen and oxygen atoms in total. The van der Waals surface area contributed by atoms with Crippen LogP contribution < -0.4 is 11.0 Å². The minimum absolute atomic E-state index is 0.111. The van der Waals surface area contributed by atoms with Crippen molar-refractivity contribution in [3.63, 3.8) is 0 Å². The summed E-state index contributed by atoms with van der Waals surface area (Å²) in [5, 5.41) is 11.7. The van der Waals surface area contributed by atoms with Gasteiger partial charge in [-0.25, -0.2) is 9.59 Å². The normalized spacial score (nSPS) is 28.8. The molecule has 0 aliphatic carbocycles. The average Bonchev–Trinajstić information content (AvgIpc) is 2.93. The molecule has 2 saturated heterocycles. The van der Waals surface area contributed by atoms with Gasteiger partial charge in [0.1, 0.15) is 11.9 Å². The molecule has 3 heterocycles. The van der Waals surface area contributed by atoms with Crippen molar-refractivity contribution in [2.45, 2.75) is 56.8 Å². The number of anilines is 1. The van der Waals surface area contributed by atoms with Crippen LogP contribution in [0.1, 0.15) is 32.4 Å². The van der Waals surface area contributed by atoms with Gasteiger partial charge in [0.2, 0.25) is 6.23 Å². The first-order valence-electron chi connectivity index (χ1n) is 9.31. The Labute approximate surface area is 164 Å².